The van der Waals surface area contributed by atoms with Crippen LogP contribution in [0.3, 0.4) is 0 Å². The van der Waals surface area contributed by atoms with Gasteiger partial charge in [0, 0.05) is 13.0 Å². The van der Waals surface area contributed by atoms with Crippen LogP contribution in [0.2, 0.25) is 0 Å². The summed E-state index contributed by atoms with van der Waals surface area (Å²) in [5, 5.41) is 7.70. The molecule has 1 aromatic carbocycles. The average Bonchev–Trinajstić information content (AvgIpc) is 3.20. The third-order valence-electron chi connectivity index (χ3n) is 6.69. The minimum absolute atomic E-state index is 0.0530. The van der Waals surface area contributed by atoms with Gasteiger partial charge < -0.3 is 5.32 Å². The zero-order valence-electron chi connectivity index (χ0n) is 16.8. The van der Waals surface area contributed by atoms with Crippen LogP contribution in [-0.4, -0.2) is 21.7 Å². The molecule has 148 valence electrons. The lowest BCUT2D eigenvalue weighted by atomic mass is 9.68. The van der Waals surface area contributed by atoms with Crippen LogP contribution in [0, 0.1) is 17.2 Å². The number of allylic oxidation sites excluding steroid dienone is 1. The molecule has 2 aromatic rings. The van der Waals surface area contributed by atoms with E-state index >= 15 is 0 Å². The van der Waals surface area contributed by atoms with Crippen LogP contribution in [0.5, 0.6) is 0 Å². The fourth-order valence-corrected chi connectivity index (χ4v) is 5.06. The van der Waals surface area contributed by atoms with Crippen molar-refractivity contribution >= 4 is 12.0 Å². The van der Waals surface area contributed by atoms with E-state index in [-0.39, 0.29) is 23.2 Å². The number of aromatic nitrogens is 2. The van der Waals surface area contributed by atoms with E-state index in [1.807, 2.05) is 10.9 Å². The summed E-state index contributed by atoms with van der Waals surface area (Å²) in [5.41, 5.74) is 4.85. The Morgan fingerprint density at radius 3 is 2.82 bits per heavy atom. The normalized spacial score (nSPS) is 24.3. The van der Waals surface area contributed by atoms with E-state index in [1.165, 1.54) is 23.3 Å². The van der Waals surface area contributed by atoms with Gasteiger partial charge in [0.2, 0.25) is 5.91 Å². The van der Waals surface area contributed by atoms with Crippen molar-refractivity contribution in [2.24, 2.45) is 11.3 Å². The first-order chi connectivity index (χ1) is 13.4. The number of hydrogen-bond donors (Lipinski definition) is 1. The van der Waals surface area contributed by atoms with Crippen molar-refractivity contribution in [3.05, 3.63) is 53.1 Å². The second kappa shape index (κ2) is 7.19. The van der Waals surface area contributed by atoms with Crippen LogP contribution in [-0.2, 0) is 11.2 Å². The maximum absolute atomic E-state index is 13.3. The molecule has 4 nitrogen and oxygen atoms in total. The summed E-state index contributed by atoms with van der Waals surface area (Å²) in [6.07, 6.45) is 9.45. The minimum Gasteiger partial charge on any atom is -0.354 e. The molecule has 1 N–H and O–H groups in total. The number of amides is 1. The molecule has 1 saturated carbocycles. The molecule has 0 spiro atoms. The highest BCUT2D eigenvalue weighted by atomic mass is 19.1. The Bertz CT molecular complexity index is 914. The fraction of sp³-hybridized carbons (Fsp3) is 0.478. The second-order valence-corrected chi connectivity index (χ2v) is 8.48. The van der Waals surface area contributed by atoms with Gasteiger partial charge in [0.25, 0.3) is 0 Å². The Morgan fingerprint density at radius 1 is 1.39 bits per heavy atom. The first-order valence-corrected chi connectivity index (χ1v) is 10.2. The smallest absolute Gasteiger partial charge is 0.217 e. The van der Waals surface area contributed by atoms with Gasteiger partial charge in [-0.15, -0.1) is 0 Å². The lowest BCUT2D eigenvalue weighted by Crippen LogP contribution is -2.38. The van der Waals surface area contributed by atoms with Crippen molar-refractivity contribution in [1.29, 1.82) is 0 Å². The monoisotopic (exact) mass is 381 g/mol. The van der Waals surface area contributed by atoms with E-state index in [0.717, 1.165) is 43.5 Å². The molecule has 0 aliphatic heterocycles. The molecule has 2 aliphatic carbocycles. The molecule has 0 bridgehead atoms. The number of halogens is 1. The van der Waals surface area contributed by atoms with Gasteiger partial charge >= 0.3 is 0 Å². The molecule has 1 amide bonds. The maximum atomic E-state index is 13.3. The number of nitrogens with one attached hydrogen (secondary N) is 1. The number of hydrogen-bond acceptors (Lipinski definition) is 2. The van der Waals surface area contributed by atoms with Crippen LogP contribution in [0.4, 0.5) is 4.39 Å². The number of nitrogens with zero attached hydrogens (tertiary/aromatic N) is 2. The van der Waals surface area contributed by atoms with Crippen LogP contribution < -0.4 is 5.32 Å². The molecule has 5 heteroatoms. The quantitative estimate of drug-likeness (QED) is 0.818. The standard InChI is InChI=1S/C23H28FN3O/c1-4-20(26-15(2)28)11-17-5-6-18-12-22-16(13-23(17,18)3)14-25-27(22)21-9-7-19(24)8-10-21/h7-10,12,14,17,20H,4-6,11,13H2,1-3H3,(H,26,28)/t17-,20?,23-/m1/s1. The number of rotatable bonds is 5. The maximum Gasteiger partial charge on any atom is 0.217 e. The van der Waals surface area contributed by atoms with Crippen LogP contribution in [0.15, 0.2) is 36.0 Å². The molecule has 1 aromatic heterocycles. The van der Waals surface area contributed by atoms with Crippen LogP contribution in [0.1, 0.15) is 57.7 Å². The van der Waals surface area contributed by atoms with E-state index in [1.54, 1.807) is 19.1 Å². The SMILES string of the molecule is CCC(C[C@H]1CCC2=Cc3c(cnn3-c3ccc(F)cc3)C[C@@]21C)NC(C)=O. The van der Waals surface area contributed by atoms with Gasteiger partial charge in [0.1, 0.15) is 5.82 Å². The highest BCUT2D eigenvalue weighted by Gasteiger charge is 2.45. The third kappa shape index (κ3) is 3.27. The summed E-state index contributed by atoms with van der Waals surface area (Å²) in [4.78, 5) is 11.5. The van der Waals surface area contributed by atoms with Crippen molar-refractivity contribution in [3.8, 4) is 5.69 Å². The summed E-state index contributed by atoms with van der Waals surface area (Å²) in [7, 11) is 0. The zero-order valence-corrected chi connectivity index (χ0v) is 16.8. The lowest BCUT2D eigenvalue weighted by molar-refractivity contribution is -0.119. The fourth-order valence-electron chi connectivity index (χ4n) is 5.06. The largest absolute Gasteiger partial charge is 0.354 e. The Hall–Kier alpha value is -2.43. The average molecular weight is 381 g/mol. The van der Waals surface area contributed by atoms with Crippen molar-refractivity contribution in [1.82, 2.24) is 15.1 Å². The van der Waals surface area contributed by atoms with Crippen LogP contribution >= 0.6 is 0 Å². The lowest BCUT2D eigenvalue weighted by Gasteiger charge is -2.37. The van der Waals surface area contributed by atoms with Gasteiger partial charge in [-0.1, -0.05) is 19.4 Å². The highest BCUT2D eigenvalue weighted by molar-refractivity contribution is 5.73. The molecule has 3 atom stereocenters. The molecule has 0 radical (unpaired) electrons. The van der Waals surface area contributed by atoms with E-state index < -0.39 is 0 Å². The van der Waals surface area contributed by atoms with Crippen molar-refractivity contribution < 1.29 is 9.18 Å². The minimum atomic E-state index is -0.237. The highest BCUT2D eigenvalue weighted by Crippen LogP contribution is 2.54. The molecule has 0 saturated heterocycles. The first-order valence-electron chi connectivity index (χ1n) is 10.2. The molecular weight excluding hydrogens is 353 g/mol. The van der Waals surface area contributed by atoms with Gasteiger partial charge in [-0.3, -0.25) is 4.79 Å². The number of carbonyl (C=O) groups is 1. The van der Waals surface area contributed by atoms with E-state index in [2.05, 4.69) is 30.3 Å². The molecule has 1 heterocycles. The topological polar surface area (TPSA) is 46.9 Å². The summed E-state index contributed by atoms with van der Waals surface area (Å²) in [6, 6.07) is 6.73. The van der Waals surface area contributed by atoms with Crippen molar-refractivity contribution in [3.63, 3.8) is 0 Å². The van der Waals surface area contributed by atoms with E-state index in [9.17, 15) is 9.18 Å². The molecule has 1 unspecified atom stereocenters. The Labute approximate surface area is 165 Å². The van der Waals surface area contributed by atoms with Gasteiger partial charge in [-0.2, -0.15) is 5.10 Å². The van der Waals surface area contributed by atoms with Gasteiger partial charge in [-0.05, 0) is 79.3 Å². The van der Waals surface area contributed by atoms with Gasteiger partial charge in [0.05, 0.1) is 17.6 Å². The molecule has 2 aliphatic rings. The first kappa shape index (κ1) is 18.9. The third-order valence-corrected chi connectivity index (χ3v) is 6.69. The van der Waals surface area contributed by atoms with Gasteiger partial charge in [-0.25, -0.2) is 9.07 Å². The number of fused-ring (bicyclic) bond motifs is 2. The number of benzene rings is 1. The Balaban J connectivity index is 1.61. The Morgan fingerprint density at radius 2 is 2.14 bits per heavy atom. The van der Waals surface area contributed by atoms with Gasteiger partial charge in [0.15, 0.2) is 0 Å². The van der Waals surface area contributed by atoms with Crippen LogP contribution in [0.25, 0.3) is 11.8 Å². The predicted octanol–water partition coefficient (Wildman–Crippen LogP) is 4.67. The predicted molar refractivity (Wildman–Crippen MR) is 109 cm³/mol. The van der Waals surface area contributed by atoms with Crippen molar-refractivity contribution in [2.75, 3.05) is 0 Å². The Kier molecular flexibility index (Phi) is 4.86. The molecule has 28 heavy (non-hydrogen) atoms. The molecular formula is C23H28FN3O. The summed E-state index contributed by atoms with van der Waals surface area (Å²) >= 11 is 0. The summed E-state index contributed by atoms with van der Waals surface area (Å²) in [5.74, 6) is 0.370. The van der Waals surface area contributed by atoms with E-state index in [4.69, 9.17) is 0 Å². The van der Waals surface area contributed by atoms with Crippen molar-refractivity contribution in [2.45, 2.75) is 58.9 Å². The summed E-state index contributed by atoms with van der Waals surface area (Å²) < 4.78 is 15.2. The van der Waals surface area contributed by atoms with E-state index in [0.29, 0.717) is 5.92 Å². The number of carbonyl (C=O) groups excluding carboxylic acids is 1. The summed E-state index contributed by atoms with van der Waals surface area (Å²) in [6.45, 7) is 6.11. The molecule has 1 fully saturated rings. The second-order valence-electron chi connectivity index (χ2n) is 8.48. The molecule has 4 rings (SSSR count). The zero-order chi connectivity index (χ0) is 19.9.